The molecule has 1 atom stereocenters. The molecule has 0 fully saturated rings. The van der Waals surface area contributed by atoms with Gasteiger partial charge in [-0.15, -0.1) is 0 Å². The Labute approximate surface area is 366 Å². The van der Waals surface area contributed by atoms with Gasteiger partial charge in [-0.25, -0.2) is 0 Å². The first kappa shape index (κ1) is 35.5. The van der Waals surface area contributed by atoms with Crippen LogP contribution in [0.1, 0.15) is 22.3 Å². The van der Waals surface area contributed by atoms with Crippen molar-refractivity contribution in [3.8, 4) is 55.6 Å². The zero-order chi connectivity index (χ0) is 41.5. The quantitative estimate of drug-likeness (QED) is 0.167. The van der Waals surface area contributed by atoms with E-state index in [9.17, 15) is 0 Å². The summed E-state index contributed by atoms with van der Waals surface area (Å²) in [6, 6.07) is 86.4. The lowest BCUT2D eigenvalue weighted by atomic mass is 9.68. The van der Waals surface area contributed by atoms with Crippen LogP contribution in [-0.2, 0) is 5.41 Å². The van der Waals surface area contributed by atoms with Crippen molar-refractivity contribution in [2.24, 2.45) is 0 Å². The van der Waals surface area contributed by atoms with Crippen LogP contribution in [0.2, 0.25) is 0 Å². The molecule has 10 aromatic carbocycles. The number of hydrogen-bond donors (Lipinski definition) is 0. The summed E-state index contributed by atoms with van der Waals surface area (Å²) < 4.78 is 6.52. The van der Waals surface area contributed by atoms with Crippen LogP contribution >= 0.6 is 0 Å². The molecule has 294 valence electrons. The Balaban J connectivity index is 0.979. The van der Waals surface area contributed by atoms with Crippen LogP contribution in [0.5, 0.6) is 0 Å². The molecular weight excluding hydrogens is 763 g/mol. The SMILES string of the molecule is c1ccc(-c2ccc(N(c3ccc(-c4ccccc4)cc3)c3ccc(-c4cccc5c4C4(c6ccccc6-c6cc7oc8ccccc8c7cc64)c4ccccc4-5)cc3)cc2)cc1. The maximum absolute atomic E-state index is 6.52. The Morgan fingerprint density at radius 3 is 1.35 bits per heavy atom. The molecule has 2 nitrogen and oxygen atoms in total. The first-order chi connectivity index (χ1) is 31.2. The van der Waals surface area contributed by atoms with E-state index in [4.69, 9.17) is 4.42 Å². The maximum atomic E-state index is 6.52. The van der Waals surface area contributed by atoms with E-state index in [1.807, 2.05) is 0 Å². The molecular formula is C61H39NO. The number of nitrogens with zero attached hydrogens (tertiary/aromatic N) is 1. The molecule has 13 rings (SSSR count). The molecule has 0 saturated carbocycles. The molecule has 0 radical (unpaired) electrons. The van der Waals surface area contributed by atoms with E-state index in [1.54, 1.807) is 0 Å². The van der Waals surface area contributed by atoms with Gasteiger partial charge in [0.2, 0.25) is 0 Å². The summed E-state index contributed by atoms with van der Waals surface area (Å²) in [4.78, 5) is 2.37. The number of anilines is 3. The van der Waals surface area contributed by atoms with Crippen molar-refractivity contribution < 1.29 is 4.42 Å². The van der Waals surface area contributed by atoms with Gasteiger partial charge in [-0.1, -0.05) is 182 Å². The van der Waals surface area contributed by atoms with E-state index in [0.29, 0.717) is 0 Å². The van der Waals surface area contributed by atoms with Crippen molar-refractivity contribution in [1.29, 1.82) is 0 Å². The van der Waals surface area contributed by atoms with Crippen LogP contribution in [0.4, 0.5) is 17.1 Å². The van der Waals surface area contributed by atoms with E-state index in [-0.39, 0.29) is 0 Å². The molecule has 1 unspecified atom stereocenters. The number of furan rings is 1. The van der Waals surface area contributed by atoms with Gasteiger partial charge in [-0.2, -0.15) is 0 Å². The lowest BCUT2D eigenvalue weighted by Gasteiger charge is -2.32. The highest BCUT2D eigenvalue weighted by Gasteiger charge is 2.53. The van der Waals surface area contributed by atoms with E-state index >= 15 is 0 Å². The summed E-state index contributed by atoms with van der Waals surface area (Å²) in [6.07, 6.45) is 0. The summed E-state index contributed by atoms with van der Waals surface area (Å²) in [5.41, 5.74) is 22.2. The van der Waals surface area contributed by atoms with Crippen molar-refractivity contribution in [3.05, 3.63) is 259 Å². The van der Waals surface area contributed by atoms with Gasteiger partial charge in [-0.05, 0) is 132 Å². The van der Waals surface area contributed by atoms with Crippen molar-refractivity contribution in [2.75, 3.05) is 4.90 Å². The van der Waals surface area contributed by atoms with E-state index in [1.165, 1.54) is 77.9 Å². The second-order valence-electron chi connectivity index (χ2n) is 16.8. The molecule has 0 bridgehead atoms. The number of benzene rings is 10. The topological polar surface area (TPSA) is 16.4 Å². The minimum atomic E-state index is -0.521. The Morgan fingerprint density at radius 1 is 0.286 bits per heavy atom. The van der Waals surface area contributed by atoms with Crippen LogP contribution in [0.3, 0.4) is 0 Å². The third-order valence-electron chi connectivity index (χ3n) is 13.5. The minimum Gasteiger partial charge on any atom is -0.456 e. The lowest BCUT2D eigenvalue weighted by Crippen LogP contribution is -2.26. The van der Waals surface area contributed by atoms with Gasteiger partial charge in [0.15, 0.2) is 0 Å². The van der Waals surface area contributed by atoms with Crippen LogP contribution in [0.25, 0.3) is 77.6 Å². The van der Waals surface area contributed by atoms with Crippen LogP contribution in [0.15, 0.2) is 241 Å². The lowest BCUT2D eigenvalue weighted by molar-refractivity contribution is 0.669. The first-order valence-corrected chi connectivity index (χ1v) is 21.7. The zero-order valence-corrected chi connectivity index (χ0v) is 34.4. The van der Waals surface area contributed by atoms with Gasteiger partial charge in [0, 0.05) is 27.8 Å². The van der Waals surface area contributed by atoms with Crippen LogP contribution in [0, 0.1) is 0 Å². The number of para-hydroxylation sites is 1. The van der Waals surface area contributed by atoms with Gasteiger partial charge < -0.3 is 9.32 Å². The monoisotopic (exact) mass is 801 g/mol. The molecule has 11 aromatic rings. The molecule has 2 aliphatic rings. The van der Waals surface area contributed by atoms with Crippen LogP contribution < -0.4 is 4.90 Å². The molecule has 0 N–H and O–H groups in total. The van der Waals surface area contributed by atoms with Gasteiger partial charge >= 0.3 is 0 Å². The smallest absolute Gasteiger partial charge is 0.136 e. The van der Waals surface area contributed by atoms with Gasteiger partial charge in [-0.3, -0.25) is 0 Å². The molecule has 2 heteroatoms. The van der Waals surface area contributed by atoms with Crippen molar-refractivity contribution in [2.45, 2.75) is 5.41 Å². The van der Waals surface area contributed by atoms with Gasteiger partial charge in [0.1, 0.15) is 11.2 Å². The average molecular weight is 802 g/mol. The number of hydrogen-bond acceptors (Lipinski definition) is 2. The Bertz CT molecular complexity index is 3450. The largest absolute Gasteiger partial charge is 0.456 e. The normalized spacial score (nSPS) is 14.4. The highest BCUT2D eigenvalue weighted by molar-refractivity contribution is 6.09. The number of rotatable bonds is 6. The highest BCUT2D eigenvalue weighted by atomic mass is 16.3. The van der Waals surface area contributed by atoms with Crippen molar-refractivity contribution >= 4 is 39.0 Å². The summed E-state index contributed by atoms with van der Waals surface area (Å²) in [5.74, 6) is 0. The summed E-state index contributed by atoms with van der Waals surface area (Å²) in [7, 11) is 0. The predicted molar refractivity (Wildman–Crippen MR) is 261 cm³/mol. The van der Waals surface area contributed by atoms with Gasteiger partial charge in [0.05, 0.1) is 5.41 Å². The zero-order valence-electron chi connectivity index (χ0n) is 34.4. The third-order valence-corrected chi connectivity index (χ3v) is 13.5. The molecule has 1 aromatic heterocycles. The van der Waals surface area contributed by atoms with Gasteiger partial charge in [0.25, 0.3) is 0 Å². The molecule has 1 heterocycles. The fourth-order valence-electron chi connectivity index (χ4n) is 10.8. The summed E-state index contributed by atoms with van der Waals surface area (Å²) in [5, 5.41) is 2.30. The fraction of sp³-hybridized carbons (Fsp3) is 0.0164. The van der Waals surface area contributed by atoms with Crippen molar-refractivity contribution in [3.63, 3.8) is 0 Å². The van der Waals surface area contributed by atoms with E-state index in [0.717, 1.165) is 39.0 Å². The van der Waals surface area contributed by atoms with E-state index < -0.39 is 5.41 Å². The minimum absolute atomic E-state index is 0.521. The number of fused-ring (bicyclic) bond motifs is 13. The fourth-order valence-corrected chi connectivity index (χ4v) is 10.8. The van der Waals surface area contributed by atoms with Crippen molar-refractivity contribution in [1.82, 2.24) is 0 Å². The maximum Gasteiger partial charge on any atom is 0.136 e. The second kappa shape index (κ2) is 13.9. The molecule has 1 spiro atoms. The highest BCUT2D eigenvalue weighted by Crippen LogP contribution is 2.65. The predicted octanol–water partition coefficient (Wildman–Crippen LogP) is 16.4. The second-order valence-corrected chi connectivity index (χ2v) is 16.8. The first-order valence-electron chi connectivity index (χ1n) is 21.7. The molecule has 63 heavy (non-hydrogen) atoms. The Kier molecular flexibility index (Phi) is 7.85. The molecule has 2 aliphatic carbocycles. The Hall–Kier alpha value is -8.20. The Morgan fingerprint density at radius 2 is 0.746 bits per heavy atom. The average Bonchev–Trinajstić information content (AvgIpc) is 3.98. The molecule has 0 amide bonds. The summed E-state index contributed by atoms with van der Waals surface area (Å²) >= 11 is 0. The third kappa shape index (κ3) is 5.32. The van der Waals surface area contributed by atoms with E-state index in [2.05, 4.69) is 241 Å². The molecule has 0 aliphatic heterocycles. The van der Waals surface area contributed by atoms with Crippen LogP contribution in [-0.4, -0.2) is 0 Å². The standard InChI is InChI=1S/C61H39NO/c1-3-14-40(15-4-1)42-26-32-45(33-27-42)62(46-34-28-43(29-35-46)41-16-5-2-6-17-41)47-36-30-44(31-37-47)48-21-13-22-52-49-18-7-10-23-55(49)61(60(48)52)56-24-11-8-19-50(56)53-39-59-54(38-57(53)61)51-20-9-12-25-58(51)63-59/h1-39H. The molecule has 0 saturated heterocycles. The summed E-state index contributed by atoms with van der Waals surface area (Å²) in [6.45, 7) is 0.